The topological polar surface area (TPSA) is 49.4 Å². The summed E-state index contributed by atoms with van der Waals surface area (Å²) in [5.41, 5.74) is 3.21. The summed E-state index contributed by atoms with van der Waals surface area (Å²) in [4.78, 5) is 26.1. The molecule has 23 heavy (non-hydrogen) atoms. The van der Waals surface area contributed by atoms with Crippen LogP contribution in [0.3, 0.4) is 0 Å². The maximum Gasteiger partial charge on any atom is 0.251 e. The van der Waals surface area contributed by atoms with Crippen molar-refractivity contribution in [3.8, 4) is 0 Å². The van der Waals surface area contributed by atoms with Crippen LogP contribution in [0, 0.1) is 6.92 Å². The van der Waals surface area contributed by atoms with Crippen molar-refractivity contribution in [2.45, 2.75) is 51.5 Å². The molecule has 1 atom stereocenters. The molecule has 4 heteroatoms. The summed E-state index contributed by atoms with van der Waals surface area (Å²) in [7, 11) is 0. The van der Waals surface area contributed by atoms with Crippen LogP contribution in [-0.2, 0) is 9.59 Å². The Balaban J connectivity index is 1.59. The van der Waals surface area contributed by atoms with Crippen LogP contribution in [-0.4, -0.2) is 24.4 Å². The third kappa shape index (κ3) is 3.70. The fraction of sp³-hybridized carbons (Fsp3) is 0.474. The Morgan fingerprint density at radius 2 is 2.13 bits per heavy atom. The van der Waals surface area contributed by atoms with Gasteiger partial charge in [-0.05, 0) is 63.3 Å². The van der Waals surface area contributed by atoms with E-state index in [4.69, 9.17) is 0 Å². The minimum atomic E-state index is -0.382. The molecule has 122 valence electrons. The van der Waals surface area contributed by atoms with Gasteiger partial charge in [0.15, 0.2) is 0 Å². The first-order chi connectivity index (χ1) is 11.1. The average molecular weight is 312 g/mol. The van der Waals surface area contributed by atoms with E-state index in [9.17, 15) is 9.59 Å². The highest BCUT2D eigenvalue weighted by molar-refractivity contribution is 6.22. The lowest BCUT2D eigenvalue weighted by atomic mass is 9.97. The van der Waals surface area contributed by atoms with Gasteiger partial charge in [0.2, 0.25) is 5.91 Å². The standard InChI is InChI=1S/C19H24N2O2/c1-14-6-5-9-16(12-14)21-18(22)13-17(19(21)23)20-11-10-15-7-3-2-4-8-15/h5-7,9,12,17,20H,2-4,8,10-11,13H2,1H3. The van der Waals surface area contributed by atoms with Crippen molar-refractivity contribution in [2.24, 2.45) is 0 Å². The molecular formula is C19H24N2O2. The fourth-order valence-corrected chi connectivity index (χ4v) is 3.37. The largest absolute Gasteiger partial charge is 0.305 e. The van der Waals surface area contributed by atoms with E-state index >= 15 is 0 Å². The van der Waals surface area contributed by atoms with Gasteiger partial charge in [-0.1, -0.05) is 23.8 Å². The molecule has 0 spiro atoms. The van der Waals surface area contributed by atoms with E-state index < -0.39 is 0 Å². The number of carbonyl (C=O) groups is 2. The van der Waals surface area contributed by atoms with Crippen LogP contribution >= 0.6 is 0 Å². The van der Waals surface area contributed by atoms with Crippen LogP contribution in [0.1, 0.15) is 44.1 Å². The number of imide groups is 1. The number of aryl methyl sites for hydroxylation is 1. The Bertz CT molecular complexity index is 636. The quantitative estimate of drug-likeness (QED) is 0.671. The molecule has 1 aromatic carbocycles. The summed E-state index contributed by atoms with van der Waals surface area (Å²) < 4.78 is 0. The third-order valence-corrected chi connectivity index (χ3v) is 4.63. The van der Waals surface area contributed by atoms with Crippen molar-refractivity contribution in [3.63, 3.8) is 0 Å². The van der Waals surface area contributed by atoms with Gasteiger partial charge in [0.05, 0.1) is 18.2 Å². The zero-order valence-corrected chi connectivity index (χ0v) is 13.7. The molecule has 1 aliphatic carbocycles. The van der Waals surface area contributed by atoms with Crippen molar-refractivity contribution in [1.82, 2.24) is 5.32 Å². The molecule has 0 bridgehead atoms. The Morgan fingerprint density at radius 1 is 1.26 bits per heavy atom. The van der Waals surface area contributed by atoms with Crippen LogP contribution < -0.4 is 10.2 Å². The van der Waals surface area contributed by atoms with E-state index in [0.717, 1.165) is 18.5 Å². The predicted molar refractivity (Wildman–Crippen MR) is 91.2 cm³/mol. The molecule has 4 nitrogen and oxygen atoms in total. The molecular weight excluding hydrogens is 288 g/mol. The second kappa shape index (κ2) is 7.09. The van der Waals surface area contributed by atoms with Crippen LogP contribution in [0.15, 0.2) is 35.9 Å². The fourth-order valence-electron chi connectivity index (χ4n) is 3.37. The minimum absolute atomic E-state index is 0.116. The molecule has 3 rings (SSSR count). The number of nitrogens with one attached hydrogen (secondary N) is 1. The number of allylic oxidation sites excluding steroid dienone is 1. The first-order valence-corrected chi connectivity index (χ1v) is 8.50. The average Bonchev–Trinajstić information content (AvgIpc) is 2.82. The highest BCUT2D eigenvalue weighted by atomic mass is 16.2. The van der Waals surface area contributed by atoms with Gasteiger partial charge in [-0.2, -0.15) is 0 Å². The summed E-state index contributed by atoms with van der Waals surface area (Å²) in [6, 6.07) is 7.15. The maximum absolute atomic E-state index is 12.5. The number of benzene rings is 1. The molecule has 1 aliphatic heterocycles. The second-order valence-electron chi connectivity index (χ2n) is 6.48. The number of carbonyl (C=O) groups excluding carboxylic acids is 2. The van der Waals surface area contributed by atoms with E-state index in [1.807, 2.05) is 31.2 Å². The molecule has 2 aliphatic rings. The second-order valence-corrected chi connectivity index (χ2v) is 6.48. The molecule has 0 radical (unpaired) electrons. The normalized spacial score (nSPS) is 21.7. The van der Waals surface area contributed by atoms with E-state index in [0.29, 0.717) is 5.69 Å². The van der Waals surface area contributed by atoms with Gasteiger partial charge in [0.1, 0.15) is 0 Å². The van der Waals surface area contributed by atoms with Crippen LogP contribution in [0.5, 0.6) is 0 Å². The zero-order chi connectivity index (χ0) is 16.2. The summed E-state index contributed by atoms with van der Waals surface area (Å²) in [5, 5.41) is 3.27. The molecule has 2 amide bonds. The van der Waals surface area contributed by atoms with Crippen LogP contribution in [0.4, 0.5) is 5.69 Å². The van der Waals surface area contributed by atoms with Crippen molar-refractivity contribution < 1.29 is 9.59 Å². The van der Waals surface area contributed by atoms with Crippen LogP contribution in [0.25, 0.3) is 0 Å². The highest BCUT2D eigenvalue weighted by Gasteiger charge is 2.39. The van der Waals surface area contributed by atoms with Gasteiger partial charge in [-0.25, -0.2) is 4.90 Å². The Hall–Kier alpha value is -1.94. The number of hydrogen-bond acceptors (Lipinski definition) is 3. The van der Waals surface area contributed by atoms with Crippen molar-refractivity contribution >= 4 is 17.5 Å². The van der Waals surface area contributed by atoms with Gasteiger partial charge >= 0.3 is 0 Å². The highest BCUT2D eigenvalue weighted by Crippen LogP contribution is 2.24. The number of hydrogen-bond donors (Lipinski definition) is 1. The van der Waals surface area contributed by atoms with Gasteiger partial charge in [-0.3, -0.25) is 9.59 Å². The van der Waals surface area contributed by atoms with Gasteiger partial charge in [0.25, 0.3) is 5.91 Å². The van der Waals surface area contributed by atoms with Crippen molar-refractivity contribution in [1.29, 1.82) is 0 Å². The zero-order valence-electron chi connectivity index (χ0n) is 13.7. The lowest BCUT2D eigenvalue weighted by molar-refractivity contribution is -0.121. The molecule has 1 unspecified atom stereocenters. The predicted octanol–water partition coefficient (Wildman–Crippen LogP) is 3.11. The molecule has 1 heterocycles. The number of anilines is 1. The molecule has 0 aromatic heterocycles. The molecule has 0 saturated carbocycles. The first-order valence-electron chi connectivity index (χ1n) is 8.50. The van der Waals surface area contributed by atoms with Gasteiger partial charge in [0, 0.05) is 0 Å². The Morgan fingerprint density at radius 3 is 2.87 bits per heavy atom. The monoisotopic (exact) mass is 312 g/mol. The first kappa shape index (κ1) is 15.9. The lowest BCUT2D eigenvalue weighted by Crippen LogP contribution is -2.39. The maximum atomic E-state index is 12.5. The summed E-state index contributed by atoms with van der Waals surface area (Å²) in [6.07, 6.45) is 8.47. The lowest BCUT2D eigenvalue weighted by Gasteiger charge is -2.17. The van der Waals surface area contributed by atoms with E-state index in [2.05, 4.69) is 11.4 Å². The van der Waals surface area contributed by atoms with E-state index in [-0.39, 0.29) is 24.3 Å². The Kier molecular flexibility index (Phi) is 4.91. The number of nitrogens with zero attached hydrogens (tertiary/aromatic N) is 1. The van der Waals surface area contributed by atoms with Gasteiger partial charge < -0.3 is 5.32 Å². The summed E-state index contributed by atoms with van der Waals surface area (Å²) in [5.74, 6) is -0.242. The SMILES string of the molecule is Cc1cccc(N2C(=O)CC(NCCC3=CCCCC3)C2=O)c1. The van der Waals surface area contributed by atoms with E-state index in [1.165, 1.54) is 36.2 Å². The number of rotatable bonds is 5. The number of amides is 2. The minimum Gasteiger partial charge on any atom is -0.305 e. The van der Waals surface area contributed by atoms with E-state index in [1.54, 1.807) is 0 Å². The smallest absolute Gasteiger partial charge is 0.251 e. The van der Waals surface area contributed by atoms with Crippen molar-refractivity contribution in [2.75, 3.05) is 11.4 Å². The van der Waals surface area contributed by atoms with Crippen LogP contribution in [0.2, 0.25) is 0 Å². The summed E-state index contributed by atoms with van der Waals surface area (Å²) >= 11 is 0. The molecule has 1 saturated heterocycles. The van der Waals surface area contributed by atoms with Gasteiger partial charge in [-0.15, -0.1) is 0 Å². The molecule has 1 aromatic rings. The van der Waals surface area contributed by atoms with Crippen molar-refractivity contribution in [3.05, 3.63) is 41.5 Å². The summed E-state index contributed by atoms with van der Waals surface area (Å²) in [6.45, 7) is 2.72. The third-order valence-electron chi connectivity index (χ3n) is 4.63. The Labute approximate surface area is 137 Å². The molecule has 1 N–H and O–H groups in total. The molecule has 1 fully saturated rings.